The summed E-state index contributed by atoms with van der Waals surface area (Å²) in [5.74, 6) is 0. The van der Waals surface area contributed by atoms with Crippen LogP contribution < -0.4 is 4.72 Å². The summed E-state index contributed by atoms with van der Waals surface area (Å²) in [7, 11) is -3.66. The minimum absolute atomic E-state index is 0. The molecule has 2 aliphatic rings. The predicted molar refractivity (Wildman–Crippen MR) is 116 cm³/mol. The molecule has 2 aromatic carbocycles. The second-order valence-corrected chi connectivity index (χ2v) is 9.74. The molecule has 1 atom stereocenters. The molecule has 1 aliphatic carbocycles. The minimum Gasteiger partial charge on any atom is -0.296 e. The second-order valence-electron chi connectivity index (χ2n) is 7.16. The van der Waals surface area contributed by atoms with Gasteiger partial charge in [-0.2, -0.15) is 0 Å². The van der Waals surface area contributed by atoms with E-state index in [0.717, 1.165) is 38.8 Å². The molecule has 0 aromatic heterocycles. The van der Waals surface area contributed by atoms with Gasteiger partial charge in [-0.1, -0.05) is 41.4 Å². The Hall–Kier alpha value is -0.820. The van der Waals surface area contributed by atoms with Crippen LogP contribution in [0.4, 0.5) is 0 Å². The first-order valence-corrected chi connectivity index (χ1v) is 11.5. The first kappa shape index (κ1) is 21.9. The summed E-state index contributed by atoms with van der Waals surface area (Å²) in [5, 5.41) is 0.529. The zero-order valence-corrected chi connectivity index (χ0v) is 18.5. The fraction of sp³-hybridized carbons (Fsp3) is 0.400. The van der Waals surface area contributed by atoms with Gasteiger partial charge in [-0.25, -0.2) is 13.1 Å². The number of halogens is 3. The Kier molecular flexibility index (Phi) is 6.96. The van der Waals surface area contributed by atoms with Crippen LogP contribution >= 0.6 is 35.6 Å². The van der Waals surface area contributed by atoms with E-state index in [-0.39, 0.29) is 22.3 Å². The van der Waals surface area contributed by atoms with Crippen LogP contribution in [-0.2, 0) is 22.9 Å². The molecule has 0 radical (unpaired) electrons. The lowest BCUT2D eigenvalue weighted by atomic mass is 9.93. The van der Waals surface area contributed by atoms with Gasteiger partial charge in [0.2, 0.25) is 10.0 Å². The first-order chi connectivity index (χ1) is 13.0. The Morgan fingerprint density at radius 3 is 2.64 bits per heavy atom. The highest BCUT2D eigenvalue weighted by Gasteiger charge is 2.32. The van der Waals surface area contributed by atoms with Crippen molar-refractivity contribution in [3.8, 4) is 0 Å². The van der Waals surface area contributed by atoms with Gasteiger partial charge in [0.25, 0.3) is 0 Å². The average molecular weight is 462 g/mol. The smallest absolute Gasteiger partial charge is 0.242 e. The summed E-state index contributed by atoms with van der Waals surface area (Å²) in [6, 6.07) is 11.6. The van der Waals surface area contributed by atoms with Gasteiger partial charge in [0.1, 0.15) is 4.90 Å². The zero-order valence-electron chi connectivity index (χ0n) is 15.3. The quantitative estimate of drug-likeness (QED) is 0.638. The Labute approximate surface area is 182 Å². The molecule has 0 amide bonds. The molecular weight excluding hydrogens is 439 g/mol. The normalized spacial score (nSPS) is 18.6. The standard InChI is InChI=1S/C20H22Cl2N2O2S.ClH/c21-16-6-7-17(22)19(13-16)27(25,26)23-10-2-11-24-12-9-15-4-1-3-14-5-8-18(24)20(14)15;/h1,3-4,6-7,13,18,23H,2,5,8-12H2;1H. The number of hydrogen-bond acceptors (Lipinski definition) is 3. The highest BCUT2D eigenvalue weighted by atomic mass is 35.5. The predicted octanol–water partition coefficient (Wildman–Crippen LogP) is 4.63. The molecule has 0 saturated heterocycles. The van der Waals surface area contributed by atoms with Gasteiger partial charge in [-0.15, -0.1) is 12.4 Å². The van der Waals surface area contributed by atoms with Crippen molar-refractivity contribution < 1.29 is 8.42 Å². The molecule has 28 heavy (non-hydrogen) atoms. The summed E-state index contributed by atoms with van der Waals surface area (Å²) in [6.07, 6.45) is 4.13. The Morgan fingerprint density at radius 1 is 1.11 bits per heavy atom. The van der Waals surface area contributed by atoms with E-state index in [2.05, 4.69) is 27.8 Å². The van der Waals surface area contributed by atoms with Crippen LogP contribution in [0.15, 0.2) is 41.3 Å². The van der Waals surface area contributed by atoms with Crippen molar-refractivity contribution in [3.63, 3.8) is 0 Å². The van der Waals surface area contributed by atoms with Crippen molar-refractivity contribution in [2.24, 2.45) is 0 Å². The molecule has 0 saturated carbocycles. The topological polar surface area (TPSA) is 49.4 Å². The van der Waals surface area contributed by atoms with Crippen LogP contribution in [0.5, 0.6) is 0 Å². The Balaban J connectivity index is 0.00000225. The fourth-order valence-corrected chi connectivity index (χ4v) is 6.10. The Bertz CT molecular complexity index is 966. The number of nitrogens with zero attached hydrogens (tertiary/aromatic N) is 1. The van der Waals surface area contributed by atoms with Gasteiger partial charge in [0.05, 0.1) is 5.02 Å². The second kappa shape index (κ2) is 8.90. The van der Waals surface area contributed by atoms with E-state index in [4.69, 9.17) is 23.2 Å². The molecule has 1 N–H and O–H groups in total. The maximum absolute atomic E-state index is 12.5. The van der Waals surface area contributed by atoms with Crippen LogP contribution in [-0.4, -0.2) is 33.0 Å². The van der Waals surface area contributed by atoms with Gasteiger partial charge < -0.3 is 0 Å². The summed E-state index contributed by atoms with van der Waals surface area (Å²) >= 11 is 11.9. The van der Waals surface area contributed by atoms with E-state index in [0.29, 0.717) is 17.6 Å². The average Bonchev–Trinajstić information content (AvgIpc) is 3.08. The van der Waals surface area contributed by atoms with E-state index in [1.165, 1.54) is 28.8 Å². The molecule has 1 unspecified atom stereocenters. The molecule has 0 spiro atoms. The fourth-order valence-electron chi connectivity index (χ4n) is 4.27. The number of hydrogen-bond donors (Lipinski definition) is 1. The van der Waals surface area contributed by atoms with Crippen LogP contribution in [0.1, 0.15) is 35.6 Å². The van der Waals surface area contributed by atoms with Gasteiger partial charge in [0.15, 0.2) is 0 Å². The van der Waals surface area contributed by atoms with Crippen LogP contribution in [0, 0.1) is 0 Å². The summed E-state index contributed by atoms with van der Waals surface area (Å²) in [6.45, 7) is 2.29. The summed E-state index contributed by atoms with van der Waals surface area (Å²) < 4.78 is 27.6. The molecule has 4 rings (SSSR count). The largest absolute Gasteiger partial charge is 0.296 e. The highest BCUT2D eigenvalue weighted by molar-refractivity contribution is 7.89. The van der Waals surface area contributed by atoms with E-state index >= 15 is 0 Å². The summed E-state index contributed by atoms with van der Waals surface area (Å²) in [5.41, 5.74) is 4.50. The van der Waals surface area contributed by atoms with Crippen molar-refractivity contribution in [2.75, 3.05) is 19.6 Å². The molecule has 0 bridgehead atoms. The first-order valence-electron chi connectivity index (χ1n) is 9.25. The third kappa shape index (κ3) is 4.35. The number of rotatable bonds is 6. The van der Waals surface area contributed by atoms with Crippen molar-refractivity contribution in [2.45, 2.75) is 36.6 Å². The van der Waals surface area contributed by atoms with Crippen molar-refractivity contribution in [1.82, 2.24) is 9.62 Å². The lowest BCUT2D eigenvalue weighted by molar-refractivity contribution is 0.184. The molecule has 4 nitrogen and oxygen atoms in total. The highest BCUT2D eigenvalue weighted by Crippen LogP contribution is 2.41. The maximum atomic E-state index is 12.5. The van der Waals surface area contributed by atoms with Crippen LogP contribution in [0.3, 0.4) is 0 Å². The van der Waals surface area contributed by atoms with E-state index in [9.17, 15) is 8.42 Å². The third-order valence-corrected chi connectivity index (χ3v) is 7.69. The molecule has 8 heteroatoms. The zero-order chi connectivity index (χ0) is 19.0. The lowest BCUT2D eigenvalue weighted by Gasteiger charge is -2.35. The number of sulfonamides is 1. The third-order valence-electron chi connectivity index (χ3n) is 5.51. The monoisotopic (exact) mass is 460 g/mol. The molecule has 1 heterocycles. The molecule has 0 fully saturated rings. The van der Waals surface area contributed by atoms with E-state index in [1.807, 2.05) is 0 Å². The molecular formula is C20H23Cl3N2O2S. The number of nitrogens with one attached hydrogen (secondary N) is 1. The maximum Gasteiger partial charge on any atom is 0.242 e. The molecule has 2 aromatic rings. The van der Waals surface area contributed by atoms with E-state index < -0.39 is 10.0 Å². The minimum atomic E-state index is -3.66. The van der Waals surface area contributed by atoms with Gasteiger partial charge in [-0.3, -0.25) is 4.90 Å². The van der Waals surface area contributed by atoms with Crippen molar-refractivity contribution in [3.05, 3.63) is 63.1 Å². The van der Waals surface area contributed by atoms with Gasteiger partial charge in [-0.05, 0) is 60.6 Å². The Morgan fingerprint density at radius 2 is 1.86 bits per heavy atom. The van der Waals surface area contributed by atoms with Gasteiger partial charge in [0, 0.05) is 30.7 Å². The van der Waals surface area contributed by atoms with Crippen molar-refractivity contribution in [1.29, 1.82) is 0 Å². The van der Waals surface area contributed by atoms with Crippen LogP contribution in [0.25, 0.3) is 0 Å². The molecule has 152 valence electrons. The van der Waals surface area contributed by atoms with E-state index in [1.54, 1.807) is 6.07 Å². The SMILES string of the molecule is Cl.O=S(=O)(NCCCN1CCc2cccc3c2C1CC3)c1cc(Cl)ccc1Cl. The molecule has 1 aliphatic heterocycles. The van der Waals surface area contributed by atoms with Crippen molar-refractivity contribution >= 4 is 45.6 Å². The lowest BCUT2D eigenvalue weighted by Crippen LogP contribution is -2.36. The summed E-state index contributed by atoms with van der Waals surface area (Å²) in [4.78, 5) is 2.53. The number of aryl methyl sites for hydroxylation is 1. The van der Waals surface area contributed by atoms with Crippen LogP contribution in [0.2, 0.25) is 10.0 Å². The number of benzene rings is 2. The van der Waals surface area contributed by atoms with Gasteiger partial charge >= 0.3 is 0 Å².